The van der Waals surface area contributed by atoms with Crippen molar-refractivity contribution in [2.75, 3.05) is 11.9 Å². The Hall–Kier alpha value is -2.96. The number of para-hydroxylation sites is 1. The van der Waals surface area contributed by atoms with E-state index >= 15 is 0 Å². The van der Waals surface area contributed by atoms with Crippen LogP contribution >= 0.6 is 0 Å². The molecule has 0 bridgehead atoms. The summed E-state index contributed by atoms with van der Waals surface area (Å²) in [5.41, 5.74) is -0.307. The minimum absolute atomic E-state index is 0.244. The lowest BCUT2D eigenvalue weighted by molar-refractivity contribution is -0.384. The number of halogens is 1. The maximum absolute atomic E-state index is 13.9. The zero-order chi connectivity index (χ0) is 18.9. The van der Waals surface area contributed by atoms with Gasteiger partial charge < -0.3 is 10.1 Å². The number of nitrogens with one attached hydrogen (secondary N) is 1. The fraction of sp³-hybridized carbons (Fsp3) is 0.316. The lowest BCUT2D eigenvalue weighted by Gasteiger charge is -2.12. The van der Waals surface area contributed by atoms with E-state index in [1.165, 1.54) is 0 Å². The molecule has 7 heteroatoms. The van der Waals surface area contributed by atoms with Crippen LogP contribution in [0.4, 0.5) is 15.8 Å². The van der Waals surface area contributed by atoms with Crippen LogP contribution in [0.3, 0.4) is 0 Å². The molecule has 138 valence electrons. The number of hydrogen-bond donors (Lipinski definition) is 1. The maximum Gasteiger partial charge on any atom is 0.271 e. The molecule has 0 aromatic heterocycles. The molecule has 0 radical (unpaired) electrons. The Morgan fingerprint density at radius 1 is 1.19 bits per heavy atom. The average Bonchev–Trinajstić information content (AvgIpc) is 2.63. The average molecular weight is 360 g/mol. The van der Waals surface area contributed by atoms with Crippen molar-refractivity contribution in [2.24, 2.45) is 0 Å². The van der Waals surface area contributed by atoms with E-state index in [4.69, 9.17) is 4.74 Å². The first-order valence-electron chi connectivity index (χ1n) is 8.50. The largest absolute Gasteiger partial charge is 0.493 e. The Morgan fingerprint density at radius 3 is 2.69 bits per heavy atom. The topological polar surface area (TPSA) is 81.5 Å². The molecule has 0 spiro atoms. The van der Waals surface area contributed by atoms with Crippen LogP contribution in [-0.2, 0) is 0 Å². The molecule has 2 aromatic carbocycles. The van der Waals surface area contributed by atoms with Crippen molar-refractivity contribution in [3.05, 3.63) is 64.0 Å². The number of hydrogen-bond acceptors (Lipinski definition) is 4. The van der Waals surface area contributed by atoms with Gasteiger partial charge in [0.25, 0.3) is 11.6 Å². The molecular formula is C19H21FN2O4. The quantitative estimate of drug-likeness (QED) is 0.390. The number of amides is 1. The summed E-state index contributed by atoms with van der Waals surface area (Å²) in [5, 5.41) is 13.2. The van der Waals surface area contributed by atoms with Crippen LogP contribution in [0.5, 0.6) is 5.75 Å². The highest BCUT2D eigenvalue weighted by atomic mass is 19.1. The normalized spacial score (nSPS) is 10.4. The molecule has 6 nitrogen and oxygen atoms in total. The third kappa shape index (κ3) is 5.27. The molecule has 0 unspecified atom stereocenters. The van der Waals surface area contributed by atoms with Gasteiger partial charge in [0.2, 0.25) is 0 Å². The van der Waals surface area contributed by atoms with Gasteiger partial charge in [0, 0.05) is 12.1 Å². The second-order valence-corrected chi connectivity index (χ2v) is 5.78. The van der Waals surface area contributed by atoms with Crippen LogP contribution in [-0.4, -0.2) is 17.4 Å². The fourth-order valence-electron chi connectivity index (χ4n) is 2.40. The Balaban J connectivity index is 2.10. The summed E-state index contributed by atoms with van der Waals surface area (Å²) in [4.78, 5) is 22.6. The second kappa shape index (κ2) is 9.50. The number of carbonyl (C=O) groups excluding carboxylic acids is 1. The van der Waals surface area contributed by atoms with E-state index in [0.29, 0.717) is 12.4 Å². The molecule has 26 heavy (non-hydrogen) atoms. The number of non-ortho nitro benzene ring substituents is 1. The van der Waals surface area contributed by atoms with Gasteiger partial charge in [0.1, 0.15) is 11.6 Å². The molecule has 2 rings (SSSR count). The summed E-state index contributed by atoms with van der Waals surface area (Å²) >= 11 is 0. The number of rotatable bonds is 9. The fourth-order valence-corrected chi connectivity index (χ4v) is 2.40. The van der Waals surface area contributed by atoms with E-state index in [9.17, 15) is 19.3 Å². The van der Waals surface area contributed by atoms with Gasteiger partial charge in [0.05, 0.1) is 22.8 Å². The van der Waals surface area contributed by atoms with E-state index in [0.717, 1.165) is 43.9 Å². The summed E-state index contributed by atoms with van der Waals surface area (Å²) in [5.74, 6) is -0.942. The van der Waals surface area contributed by atoms with E-state index in [-0.39, 0.29) is 16.9 Å². The highest BCUT2D eigenvalue weighted by molar-refractivity contribution is 6.06. The first-order valence-corrected chi connectivity index (χ1v) is 8.50. The Labute approximate surface area is 151 Å². The highest BCUT2D eigenvalue weighted by Gasteiger charge is 2.16. The SMILES string of the molecule is CCCCCCOc1ccccc1C(=O)Nc1cc([N+](=O)[O-])ccc1F. The highest BCUT2D eigenvalue weighted by Crippen LogP contribution is 2.24. The molecular weight excluding hydrogens is 339 g/mol. The van der Waals surface area contributed by atoms with Gasteiger partial charge in [-0.1, -0.05) is 38.3 Å². The van der Waals surface area contributed by atoms with Crippen molar-refractivity contribution in [2.45, 2.75) is 32.6 Å². The molecule has 0 saturated heterocycles. The number of carbonyl (C=O) groups is 1. The third-order valence-electron chi connectivity index (χ3n) is 3.80. The second-order valence-electron chi connectivity index (χ2n) is 5.78. The zero-order valence-corrected chi connectivity index (χ0v) is 14.5. The first kappa shape index (κ1) is 19.4. The van der Waals surface area contributed by atoms with Gasteiger partial charge in [-0.2, -0.15) is 0 Å². The number of nitrogens with zero attached hydrogens (tertiary/aromatic N) is 1. The number of nitro benzene ring substituents is 1. The number of anilines is 1. The van der Waals surface area contributed by atoms with E-state index in [1.807, 2.05) is 0 Å². The van der Waals surface area contributed by atoms with Crippen molar-refractivity contribution in [1.82, 2.24) is 0 Å². The van der Waals surface area contributed by atoms with Crippen LogP contribution in [0.15, 0.2) is 42.5 Å². The Kier molecular flexibility index (Phi) is 7.08. The lowest BCUT2D eigenvalue weighted by atomic mass is 10.1. The van der Waals surface area contributed by atoms with Gasteiger partial charge >= 0.3 is 0 Å². The number of ether oxygens (including phenoxy) is 1. The summed E-state index contributed by atoms with van der Waals surface area (Å²) in [6.07, 6.45) is 4.17. The molecule has 0 aliphatic heterocycles. The predicted molar refractivity (Wildman–Crippen MR) is 97.1 cm³/mol. The molecule has 0 heterocycles. The molecule has 0 aliphatic carbocycles. The Morgan fingerprint density at radius 2 is 1.96 bits per heavy atom. The van der Waals surface area contributed by atoms with Crippen molar-refractivity contribution >= 4 is 17.3 Å². The summed E-state index contributed by atoms with van der Waals surface area (Å²) in [6.45, 7) is 2.60. The van der Waals surface area contributed by atoms with Crippen molar-refractivity contribution in [1.29, 1.82) is 0 Å². The monoisotopic (exact) mass is 360 g/mol. The summed E-state index contributed by atoms with van der Waals surface area (Å²) < 4.78 is 19.5. The van der Waals surface area contributed by atoms with Crippen LogP contribution in [0.1, 0.15) is 43.0 Å². The number of unbranched alkanes of at least 4 members (excludes halogenated alkanes) is 3. The smallest absolute Gasteiger partial charge is 0.271 e. The number of nitro groups is 1. The number of benzene rings is 2. The Bertz CT molecular complexity index is 780. The first-order chi connectivity index (χ1) is 12.5. The van der Waals surface area contributed by atoms with Gasteiger partial charge in [-0.15, -0.1) is 0 Å². The standard InChI is InChI=1S/C19H21FN2O4/c1-2-3-4-7-12-26-18-9-6-5-8-15(18)19(23)21-17-13-14(22(24)25)10-11-16(17)20/h5-6,8-11,13H,2-4,7,12H2,1H3,(H,21,23). The van der Waals surface area contributed by atoms with Crippen LogP contribution in [0.2, 0.25) is 0 Å². The van der Waals surface area contributed by atoms with Gasteiger partial charge in [0.15, 0.2) is 0 Å². The molecule has 2 aromatic rings. The zero-order valence-electron chi connectivity index (χ0n) is 14.5. The van der Waals surface area contributed by atoms with E-state index in [1.54, 1.807) is 24.3 Å². The van der Waals surface area contributed by atoms with Crippen molar-refractivity contribution in [3.8, 4) is 5.75 Å². The van der Waals surface area contributed by atoms with Crippen LogP contribution in [0, 0.1) is 15.9 Å². The predicted octanol–water partition coefficient (Wildman–Crippen LogP) is 4.95. The minimum atomic E-state index is -0.748. The van der Waals surface area contributed by atoms with E-state index in [2.05, 4.69) is 12.2 Å². The minimum Gasteiger partial charge on any atom is -0.493 e. The molecule has 0 aliphatic rings. The van der Waals surface area contributed by atoms with Crippen LogP contribution in [0.25, 0.3) is 0 Å². The van der Waals surface area contributed by atoms with Gasteiger partial charge in [-0.3, -0.25) is 14.9 Å². The third-order valence-corrected chi connectivity index (χ3v) is 3.80. The van der Waals surface area contributed by atoms with Crippen molar-refractivity contribution in [3.63, 3.8) is 0 Å². The van der Waals surface area contributed by atoms with E-state index < -0.39 is 16.6 Å². The maximum atomic E-state index is 13.9. The van der Waals surface area contributed by atoms with Crippen molar-refractivity contribution < 1.29 is 18.8 Å². The van der Waals surface area contributed by atoms with Gasteiger partial charge in [-0.05, 0) is 24.6 Å². The molecule has 0 saturated carbocycles. The lowest BCUT2D eigenvalue weighted by Crippen LogP contribution is -2.15. The molecule has 0 fully saturated rings. The summed E-state index contributed by atoms with van der Waals surface area (Å²) in [6, 6.07) is 9.61. The molecule has 1 N–H and O–H groups in total. The molecule has 1 amide bonds. The van der Waals surface area contributed by atoms with Gasteiger partial charge in [-0.25, -0.2) is 4.39 Å². The van der Waals surface area contributed by atoms with Crippen LogP contribution < -0.4 is 10.1 Å². The summed E-state index contributed by atoms with van der Waals surface area (Å²) in [7, 11) is 0. The molecule has 0 atom stereocenters.